The maximum Gasteiger partial charge on any atom is 0.350 e. The van der Waals surface area contributed by atoms with Crippen LogP contribution in [0.2, 0.25) is 0 Å². The zero-order valence-electron chi connectivity index (χ0n) is 26.2. The molecule has 1 unspecified atom stereocenters. The lowest BCUT2D eigenvalue weighted by molar-refractivity contribution is -0.184. The molecule has 1 saturated heterocycles. The number of phenols is 1. The average Bonchev–Trinajstić information content (AvgIpc) is 3.30. The van der Waals surface area contributed by atoms with Crippen LogP contribution in [0.15, 0.2) is 42.5 Å². The number of hydroxylamine groups is 2. The van der Waals surface area contributed by atoms with Crippen LogP contribution in [0, 0.1) is 0 Å². The first-order valence-electron chi connectivity index (χ1n) is 15.5. The first kappa shape index (κ1) is 36.2. The van der Waals surface area contributed by atoms with Crippen molar-refractivity contribution in [1.82, 2.24) is 20.6 Å². The number of primary amides is 1. The average molecular weight is 644 g/mol. The van der Waals surface area contributed by atoms with Crippen molar-refractivity contribution in [3.63, 3.8) is 0 Å². The number of benzene rings is 2. The molecule has 1 aliphatic rings. The van der Waals surface area contributed by atoms with Crippen LogP contribution < -0.4 is 16.4 Å². The number of amides is 5. The zero-order chi connectivity index (χ0) is 33.5. The number of carbonyl (C=O) groups is 4. The molecule has 0 aliphatic carbocycles. The monoisotopic (exact) mass is 643 g/mol. The van der Waals surface area contributed by atoms with Crippen LogP contribution in [-0.4, -0.2) is 81.7 Å². The van der Waals surface area contributed by atoms with Crippen molar-refractivity contribution in [3.8, 4) is 5.75 Å². The summed E-state index contributed by atoms with van der Waals surface area (Å²) < 4.78 is 5.77. The van der Waals surface area contributed by atoms with Gasteiger partial charge in [0.05, 0.1) is 19.3 Å². The fraction of sp³-hybridized carbons (Fsp3) is 0.500. The Hall–Kier alpha value is -4.24. The highest BCUT2D eigenvalue weighted by Gasteiger charge is 2.44. The number of imide groups is 1. The van der Waals surface area contributed by atoms with E-state index < -0.39 is 36.2 Å². The molecule has 0 aromatic heterocycles. The van der Waals surface area contributed by atoms with Crippen molar-refractivity contribution in [3.05, 3.63) is 64.7 Å². The van der Waals surface area contributed by atoms with Crippen molar-refractivity contribution in [2.75, 3.05) is 26.3 Å². The van der Waals surface area contributed by atoms with E-state index in [0.29, 0.717) is 35.9 Å². The number of urea groups is 2. The number of ether oxygens (including phenoxy) is 1. The largest absolute Gasteiger partial charge is 0.508 e. The summed E-state index contributed by atoms with van der Waals surface area (Å²) in [6.45, 7) is 3.30. The third-order valence-corrected chi connectivity index (χ3v) is 7.41. The van der Waals surface area contributed by atoms with Crippen molar-refractivity contribution >= 4 is 23.9 Å². The zero-order valence-corrected chi connectivity index (χ0v) is 26.2. The molecular weight excluding hydrogens is 598 g/mol. The van der Waals surface area contributed by atoms with Gasteiger partial charge in [-0.2, -0.15) is 0 Å². The van der Waals surface area contributed by atoms with E-state index in [1.165, 1.54) is 6.07 Å². The summed E-state index contributed by atoms with van der Waals surface area (Å²) in [5.74, 6) is -1.61. The van der Waals surface area contributed by atoms with Gasteiger partial charge >= 0.3 is 18.0 Å². The highest BCUT2D eigenvalue weighted by atomic mass is 16.7. The van der Waals surface area contributed by atoms with E-state index in [2.05, 4.69) is 10.6 Å². The molecule has 14 heteroatoms. The molecule has 7 N–H and O–H groups in total. The summed E-state index contributed by atoms with van der Waals surface area (Å²) in [5.41, 5.74) is 8.04. The molecule has 2 aromatic carbocycles. The molecule has 0 radical (unpaired) electrons. The lowest BCUT2D eigenvalue weighted by atomic mass is 10.1. The van der Waals surface area contributed by atoms with Gasteiger partial charge in [0.15, 0.2) is 0 Å². The Morgan fingerprint density at radius 2 is 1.76 bits per heavy atom. The van der Waals surface area contributed by atoms with Crippen molar-refractivity contribution < 1.29 is 44.1 Å². The number of hydrogen-bond acceptors (Lipinski definition) is 10. The highest BCUT2D eigenvalue weighted by molar-refractivity contribution is 6.05. The minimum absolute atomic E-state index is 0.0164. The minimum Gasteiger partial charge on any atom is -0.508 e. The summed E-state index contributed by atoms with van der Waals surface area (Å²) in [7, 11) is 0. The van der Waals surface area contributed by atoms with E-state index in [9.17, 15) is 34.5 Å². The molecule has 3 rings (SSSR count). The van der Waals surface area contributed by atoms with E-state index in [1.807, 2.05) is 18.2 Å². The second kappa shape index (κ2) is 18.7. The summed E-state index contributed by atoms with van der Waals surface area (Å²) in [4.78, 5) is 53.8. The van der Waals surface area contributed by atoms with E-state index in [1.54, 1.807) is 18.2 Å². The molecule has 1 fully saturated rings. The van der Waals surface area contributed by atoms with Gasteiger partial charge in [-0.1, -0.05) is 43.2 Å². The molecule has 0 bridgehead atoms. The standard InChI is InChI=1S/C32H45N5O9/c1-22(39)46-37(31(33)43)29-30(42)36(32(44)35-29)20-24-11-8-10-23(17-24)9-4-7-16-45-15-6-3-2-5-14-34-19-28(41)25-12-13-27(40)26(18-25)21-38/h8,10-13,17-18,28-29,34,38,40-41H,2-7,9,14-16,19-21H2,1H3,(H2,33,43)(H,35,44)/t28-,29?/m1/s1. The van der Waals surface area contributed by atoms with Gasteiger partial charge in [0.25, 0.3) is 5.91 Å². The number of aliphatic hydroxyl groups is 2. The smallest absolute Gasteiger partial charge is 0.350 e. The number of unbranched alkanes of at least 4 members (excludes halogenated alkanes) is 4. The van der Waals surface area contributed by atoms with Crippen LogP contribution >= 0.6 is 0 Å². The second-order valence-corrected chi connectivity index (χ2v) is 11.1. The number of hydrogen-bond donors (Lipinski definition) is 6. The second-order valence-electron chi connectivity index (χ2n) is 11.1. The third kappa shape index (κ3) is 11.3. The topological polar surface area (TPSA) is 204 Å². The van der Waals surface area contributed by atoms with E-state index in [4.69, 9.17) is 15.3 Å². The van der Waals surface area contributed by atoms with Crippen LogP contribution in [-0.2, 0) is 38.7 Å². The van der Waals surface area contributed by atoms with Gasteiger partial charge in [0.1, 0.15) is 5.75 Å². The molecule has 14 nitrogen and oxygen atoms in total. The lowest BCUT2D eigenvalue weighted by Gasteiger charge is -2.22. The van der Waals surface area contributed by atoms with E-state index in [0.717, 1.165) is 74.4 Å². The van der Waals surface area contributed by atoms with Gasteiger partial charge in [-0.3, -0.25) is 14.5 Å². The Labute approximate surface area is 268 Å². The van der Waals surface area contributed by atoms with Gasteiger partial charge in [0.2, 0.25) is 6.17 Å². The summed E-state index contributed by atoms with van der Waals surface area (Å²) >= 11 is 0. The normalized spacial score (nSPS) is 15.1. The van der Waals surface area contributed by atoms with Crippen LogP contribution in [0.25, 0.3) is 0 Å². The first-order chi connectivity index (χ1) is 22.1. The van der Waals surface area contributed by atoms with Gasteiger partial charge in [0, 0.05) is 32.2 Å². The van der Waals surface area contributed by atoms with Crippen LogP contribution in [0.4, 0.5) is 9.59 Å². The molecule has 0 saturated carbocycles. The van der Waals surface area contributed by atoms with Crippen molar-refractivity contribution in [2.45, 2.75) is 77.3 Å². The number of nitrogens with one attached hydrogen (secondary N) is 2. The number of aryl methyl sites for hydroxylation is 1. The number of rotatable bonds is 19. The predicted octanol–water partition coefficient (Wildman–Crippen LogP) is 2.34. The number of nitrogens with zero attached hydrogens (tertiary/aromatic N) is 2. The SMILES string of the molecule is CC(=O)ON(C(N)=O)C1NC(=O)N(Cc2cccc(CCCCOCCCCCCNC[C@@H](O)c3ccc(O)c(CO)c3)c2)C1=O. The van der Waals surface area contributed by atoms with Crippen molar-refractivity contribution in [2.24, 2.45) is 5.73 Å². The molecule has 252 valence electrons. The third-order valence-electron chi connectivity index (χ3n) is 7.41. The summed E-state index contributed by atoms with van der Waals surface area (Å²) in [5, 5.41) is 35.1. The summed E-state index contributed by atoms with van der Waals surface area (Å²) in [6.07, 6.45) is 4.44. The summed E-state index contributed by atoms with van der Waals surface area (Å²) in [6, 6.07) is 10.4. The maximum atomic E-state index is 12.8. The Balaban J connectivity index is 1.24. The molecular formula is C32H45N5O9. The predicted molar refractivity (Wildman–Crippen MR) is 167 cm³/mol. The van der Waals surface area contributed by atoms with E-state index in [-0.39, 0.29) is 18.9 Å². The molecule has 2 atom stereocenters. The number of aromatic hydroxyl groups is 1. The maximum absolute atomic E-state index is 12.8. The fourth-order valence-electron chi connectivity index (χ4n) is 4.98. The van der Waals surface area contributed by atoms with Gasteiger partial charge < -0.3 is 41.3 Å². The minimum atomic E-state index is -1.53. The number of aliphatic hydroxyl groups excluding tert-OH is 2. The molecule has 2 aromatic rings. The van der Waals surface area contributed by atoms with Gasteiger partial charge in [-0.05, 0) is 67.5 Å². The quantitative estimate of drug-likeness (QED) is 0.0749. The Morgan fingerprint density at radius 3 is 2.48 bits per heavy atom. The van der Waals surface area contributed by atoms with Crippen LogP contribution in [0.5, 0.6) is 5.75 Å². The van der Waals surface area contributed by atoms with E-state index >= 15 is 0 Å². The Kier molecular flexibility index (Phi) is 14.7. The highest BCUT2D eigenvalue weighted by Crippen LogP contribution is 2.22. The van der Waals surface area contributed by atoms with Gasteiger partial charge in [-0.25, -0.2) is 9.59 Å². The molecule has 1 aliphatic heterocycles. The molecule has 0 spiro atoms. The van der Waals surface area contributed by atoms with Crippen molar-refractivity contribution in [1.29, 1.82) is 0 Å². The fourth-order valence-corrected chi connectivity index (χ4v) is 4.98. The molecule has 46 heavy (non-hydrogen) atoms. The Bertz CT molecular complexity index is 1320. The lowest BCUT2D eigenvalue weighted by Crippen LogP contribution is -2.52. The molecule has 1 heterocycles. The number of carbonyl (C=O) groups excluding carboxylic acids is 4. The number of nitrogens with two attached hydrogens (primary N) is 1. The first-order valence-corrected chi connectivity index (χ1v) is 15.5. The molecule has 5 amide bonds. The van der Waals surface area contributed by atoms with Crippen LogP contribution in [0.3, 0.4) is 0 Å². The van der Waals surface area contributed by atoms with Crippen LogP contribution in [0.1, 0.15) is 73.8 Å². The Morgan fingerprint density at radius 1 is 1.04 bits per heavy atom. The van der Waals surface area contributed by atoms with Gasteiger partial charge in [-0.15, -0.1) is 5.06 Å².